The fraction of sp³-hybridized carbons (Fsp3) is 0.316. The monoisotopic (exact) mass is 409 g/mol. The van der Waals surface area contributed by atoms with Crippen molar-refractivity contribution < 1.29 is 13.2 Å². The SMILES string of the molecule is CN(C)Cc1ccc(CNC(=O)CCNS(=O)(=O)c2cccc(Cl)c2)cc1. The van der Waals surface area contributed by atoms with Crippen LogP contribution >= 0.6 is 11.6 Å². The third-order valence-corrected chi connectivity index (χ3v) is 5.46. The molecule has 0 spiro atoms. The number of halogens is 1. The summed E-state index contributed by atoms with van der Waals surface area (Å²) in [5, 5.41) is 3.13. The van der Waals surface area contributed by atoms with Gasteiger partial charge in [-0.25, -0.2) is 13.1 Å². The van der Waals surface area contributed by atoms with Gasteiger partial charge in [0.05, 0.1) is 4.90 Å². The molecule has 0 radical (unpaired) electrons. The van der Waals surface area contributed by atoms with Crippen LogP contribution in [-0.2, 0) is 27.9 Å². The molecule has 0 aliphatic carbocycles. The van der Waals surface area contributed by atoms with E-state index >= 15 is 0 Å². The van der Waals surface area contributed by atoms with Crippen molar-refractivity contribution in [2.45, 2.75) is 24.4 Å². The van der Waals surface area contributed by atoms with Crippen molar-refractivity contribution in [1.29, 1.82) is 0 Å². The number of benzene rings is 2. The maximum Gasteiger partial charge on any atom is 0.240 e. The van der Waals surface area contributed by atoms with Crippen LogP contribution in [0.3, 0.4) is 0 Å². The van der Waals surface area contributed by atoms with Gasteiger partial charge in [-0.15, -0.1) is 0 Å². The van der Waals surface area contributed by atoms with Crippen LogP contribution < -0.4 is 10.0 Å². The Morgan fingerprint density at radius 2 is 1.74 bits per heavy atom. The molecule has 2 rings (SSSR count). The standard InChI is InChI=1S/C19H24ClN3O3S/c1-23(2)14-16-8-6-15(7-9-16)13-21-19(24)10-11-22-27(25,26)18-5-3-4-17(20)12-18/h3-9,12,22H,10-11,13-14H2,1-2H3,(H,21,24). The molecule has 0 aliphatic heterocycles. The molecule has 146 valence electrons. The summed E-state index contributed by atoms with van der Waals surface area (Å²) in [6.07, 6.45) is 0.0541. The third-order valence-electron chi connectivity index (χ3n) is 3.76. The summed E-state index contributed by atoms with van der Waals surface area (Å²) < 4.78 is 26.7. The fourth-order valence-corrected chi connectivity index (χ4v) is 3.77. The van der Waals surface area contributed by atoms with E-state index in [2.05, 4.69) is 14.9 Å². The lowest BCUT2D eigenvalue weighted by atomic mass is 10.1. The Bertz CT molecular complexity index is 868. The first-order chi connectivity index (χ1) is 12.8. The zero-order chi connectivity index (χ0) is 19.9. The van der Waals surface area contributed by atoms with E-state index in [4.69, 9.17) is 11.6 Å². The number of nitrogens with one attached hydrogen (secondary N) is 2. The van der Waals surface area contributed by atoms with E-state index in [1.54, 1.807) is 12.1 Å². The van der Waals surface area contributed by atoms with Crippen LogP contribution in [0.25, 0.3) is 0 Å². The molecule has 1 amide bonds. The van der Waals surface area contributed by atoms with E-state index in [0.29, 0.717) is 11.6 Å². The molecule has 0 atom stereocenters. The van der Waals surface area contributed by atoms with Gasteiger partial charge in [0, 0.05) is 31.1 Å². The molecule has 0 heterocycles. The predicted molar refractivity (Wildman–Crippen MR) is 107 cm³/mol. The van der Waals surface area contributed by atoms with Crippen LogP contribution in [0.2, 0.25) is 5.02 Å². The summed E-state index contributed by atoms with van der Waals surface area (Å²) in [6.45, 7) is 1.28. The first-order valence-corrected chi connectivity index (χ1v) is 10.4. The molecule has 0 bridgehead atoms. The minimum atomic E-state index is -3.68. The van der Waals surface area contributed by atoms with Crippen LogP contribution in [0.15, 0.2) is 53.4 Å². The van der Waals surface area contributed by atoms with Crippen LogP contribution in [0.5, 0.6) is 0 Å². The average Bonchev–Trinajstić information content (AvgIpc) is 2.60. The Labute approximate surface area is 165 Å². The zero-order valence-electron chi connectivity index (χ0n) is 15.4. The van der Waals surface area contributed by atoms with Gasteiger partial charge in [0.15, 0.2) is 0 Å². The number of amides is 1. The highest BCUT2D eigenvalue weighted by molar-refractivity contribution is 7.89. The van der Waals surface area contributed by atoms with Crippen LogP contribution in [-0.4, -0.2) is 39.9 Å². The van der Waals surface area contributed by atoms with Crippen molar-refractivity contribution in [3.8, 4) is 0 Å². The minimum absolute atomic E-state index is 0.0163. The topological polar surface area (TPSA) is 78.5 Å². The Kier molecular flexibility index (Phi) is 7.79. The summed E-state index contributed by atoms with van der Waals surface area (Å²) in [5.41, 5.74) is 2.19. The van der Waals surface area contributed by atoms with E-state index in [1.165, 1.54) is 17.7 Å². The van der Waals surface area contributed by atoms with Crippen LogP contribution in [0.4, 0.5) is 0 Å². The van der Waals surface area contributed by atoms with Gasteiger partial charge in [-0.1, -0.05) is 41.9 Å². The van der Waals surface area contributed by atoms with Crippen molar-refractivity contribution in [2.75, 3.05) is 20.6 Å². The molecule has 27 heavy (non-hydrogen) atoms. The van der Waals surface area contributed by atoms with Crippen molar-refractivity contribution in [1.82, 2.24) is 14.9 Å². The Morgan fingerprint density at radius 1 is 1.07 bits per heavy atom. The van der Waals surface area contributed by atoms with Crippen LogP contribution in [0.1, 0.15) is 17.5 Å². The summed E-state index contributed by atoms with van der Waals surface area (Å²) in [4.78, 5) is 14.1. The Morgan fingerprint density at radius 3 is 2.37 bits per heavy atom. The second-order valence-corrected chi connectivity index (χ2v) is 8.64. The summed E-state index contributed by atoms with van der Waals surface area (Å²) in [6, 6.07) is 14.0. The van der Waals surface area contributed by atoms with Gasteiger partial charge in [-0.3, -0.25) is 4.79 Å². The van der Waals surface area contributed by atoms with Crippen LogP contribution in [0, 0.1) is 0 Å². The molecule has 8 heteroatoms. The molecule has 0 saturated carbocycles. The van der Waals surface area contributed by atoms with E-state index in [0.717, 1.165) is 12.1 Å². The maximum absolute atomic E-state index is 12.1. The molecular formula is C19H24ClN3O3S. The largest absolute Gasteiger partial charge is 0.352 e. The van der Waals surface area contributed by atoms with Gasteiger partial charge in [0.1, 0.15) is 0 Å². The lowest BCUT2D eigenvalue weighted by molar-refractivity contribution is -0.121. The van der Waals surface area contributed by atoms with E-state index in [9.17, 15) is 13.2 Å². The predicted octanol–water partition coefficient (Wildman–Crippen LogP) is 2.39. The smallest absolute Gasteiger partial charge is 0.240 e. The number of hydrogen-bond acceptors (Lipinski definition) is 4. The molecule has 2 aromatic carbocycles. The van der Waals surface area contributed by atoms with Crippen molar-refractivity contribution >= 4 is 27.5 Å². The van der Waals surface area contributed by atoms with Gasteiger partial charge in [0.25, 0.3) is 0 Å². The van der Waals surface area contributed by atoms with Gasteiger partial charge < -0.3 is 10.2 Å². The zero-order valence-corrected chi connectivity index (χ0v) is 17.0. The summed E-state index contributed by atoms with van der Waals surface area (Å²) >= 11 is 5.81. The number of rotatable bonds is 9. The van der Waals surface area contributed by atoms with Crippen molar-refractivity contribution in [3.05, 3.63) is 64.7 Å². The lowest BCUT2D eigenvalue weighted by Gasteiger charge is -2.11. The average molecular weight is 410 g/mol. The van der Waals surface area contributed by atoms with Gasteiger partial charge in [-0.2, -0.15) is 0 Å². The molecule has 0 saturated heterocycles. The highest BCUT2D eigenvalue weighted by Gasteiger charge is 2.14. The van der Waals surface area contributed by atoms with E-state index in [-0.39, 0.29) is 23.8 Å². The quantitative estimate of drug-likeness (QED) is 0.666. The van der Waals surface area contributed by atoms with Gasteiger partial charge in [-0.05, 0) is 43.4 Å². The molecule has 0 unspecified atom stereocenters. The molecule has 0 aliphatic rings. The summed E-state index contributed by atoms with van der Waals surface area (Å²) in [5.74, 6) is -0.221. The van der Waals surface area contributed by atoms with Crippen molar-refractivity contribution in [3.63, 3.8) is 0 Å². The second kappa shape index (κ2) is 9.85. The molecule has 2 aromatic rings. The number of sulfonamides is 1. The maximum atomic E-state index is 12.1. The van der Waals surface area contributed by atoms with Crippen molar-refractivity contribution in [2.24, 2.45) is 0 Å². The third kappa shape index (κ3) is 7.30. The molecular weight excluding hydrogens is 386 g/mol. The normalized spacial score (nSPS) is 11.6. The number of hydrogen-bond donors (Lipinski definition) is 2. The fourth-order valence-electron chi connectivity index (χ4n) is 2.43. The lowest BCUT2D eigenvalue weighted by Crippen LogP contribution is -2.30. The van der Waals surface area contributed by atoms with Gasteiger partial charge in [0.2, 0.25) is 15.9 Å². The first-order valence-electron chi connectivity index (χ1n) is 8.51. The molecule has 0 fully saturated rings. The highest BCUT2D eigenvalue weighted by Crippen LogP contribution is 2.15. The molecule has 0 aromatic heterocycles. The number of nitrogens with zero attached hydrogens (tertiary/aromatic N) is 1. The van der Waals surface area contributed by atoms with E-state index in [1.807, 2.05) is 38.4 Å². The molecule has 6 nitrogen and oxygen atoms in total. The Hall–Kier alpha value is -1.93. The van der Waals surface area contributed by atoms with Gasteiger partial charge >= 0.3 is 0 Å². The number of carbonyl (C=O) groups excluding carboxylic acids is 1. The number of carbonyl (C=O) groups is 1. The first kappa shape index (κ1) is 21.4. The van der Waals surface area contributed by atoms with E-state index < -0.39 is 10.0 Å². The minimum Gasteiger partial charge on any atom is -0.352 e. The Balaban J connectivity index is 1.76. The highest BCUT2D eigenvalue weighted by atomic mass is 35.5. The summed E-state index contributed by atoms with van der Waals surface area (Å²) in [7, 11) is 0.339. The molecule has 2 N–H and O–H groups in total. The second-order valence-electron chi connectivity index (χ2n) is 6.44.